The highest BCUT2D eigenvalue weighted by atomic mass is 35.5. The van der Waals surface area contributed by atoms with Crippen LogP contribution < -0.4 is 34.2 Å². The number of aliphatic hydroxyl groups is 2. The third-order valence-corrected chi connectivity index (χ3v) is 14.5. The molecule has 0 bridgehead atoms. The lowest BCUT2D eigenvalue weighted by molar-refractivity contribution is -0.120. The van der Waals surface area contributed by atoms with Gasteiger partial charge in [-0.1, -0.05) is 23.2 Å². The fourth-order valence-electron chi connectivity index (χ4n) is 9.17. The highest BCUT2D eigenvalue weighted by Gasteiger charge is 2.47. The number of ketones is 2. The van der Waals surface area contributed by atoms with Crippen LogP contribution in [0.4, 0.5) is 8.78 Å². The lowest BCUT2D eigenvalue weighted by Gasteiger charge is -2.28. The SMILES string of the molecule is COc1cc(C(=O)CCC(O)(c2ccc(OC)c(-c3ccc(F)c(Cl)c3)n2)C2CC2)ccc1OCC(N)=O.COc1cc(C(=O)CCC(O)(c2ccc(OC)c(-c3ccc(F)c(Cl)c3)n2)C2CC2)ccc1OCc1ncnn1C. The largest absolute Gasteiger partial charge is 0.494 e. The van der Waals surface area contributed by atoms with Crippen molar-refractivity contribution in [3.05, 3.63) is 153 Å². The second-order valence-corrected chi connectivity index (χ2v) is 19.9. The molecule has 17 nitrogen and oxygen atoms in total. The first-order valence-electron chi connectivity index (χ1n) is 25.1. The normalized spacial score (nSPS) is 14.4. The first kappa shape index (κ1) is 57.5. The molecule has 0 radical (unpaired) electrons. The zero-order valence-electron chi connectivity index (χ0n) is 43.9. The van der Waals surface area contributed by atoms with Crippen molar-refractivity contribution in [1.82, 2.24) is 24.7 Å². The van der Waals surface area contributed by atoms with E-state index in [1.54, 1.807) is 72.4 Å². The Hall–Kier alpha value is -7.71. The number of Topliss-reactive ketones (excluding diaryl/α,β-unsaturated/α-hetero) is 2. The number of pyridine rings is 2. The molecule has 2 atom stereocenters. The van der Waals surface area contributed by atoms with E-state index in [4.69, 9.17) is 67.3 Å². The average molecular weight is 1120 g/mol. The number of nitrogens with two attached hydrogens (primary N) is 1. The van der Waals surface area contributed by atoms with Gasteiger partial charge < -0.3 is 44.4 Å². The van der Waals surface area contributed by atoms with Crippen LogP contribution >= 0.6 is 23.2 Å². The lowest BCUT2D eigenvalue weighted by Crippen LogP contribution is -2.30. The molecule has 1 amide bonds. The van der Waals surface area contributed by atoms with Crippen LogP contribution in [0.3, 0.4) is 0 Å². The van der Waals surface area contributed by atoms with Crippen LogP contribution in [0.15, 0.2) is 103 Å². The van der Waals surface area contributed by atoms with Gasteiger partial charge >= 0.3 is 0 Å². The number of rotatable bonds is 24. The molecule has 2 unspecified atom stereocenters. The van der Waals surface area contributed by atoms with Crippen molar-refractivity contribution >= 4 is 40.7 Å². The van der Waals surface area contributed by atoms with E-state index < -0.39 is 28.7 Å². The molecule has 4 aromatic carbocycles. The molecular formula is C58H58Cl2F2N6O11. The quantitative estimate of drug-likeness (QED) is 0.0478. The fraction of sp³-hybridized carbons (Fsp3) is 0.328. The zero-order chi connectivity index (χ0) is 56.6. The Morgan fingerprint density at radius 2 is 1.05 bits per heavy atom. The molecule has 7 aromatic rings. The molecule has 9 rings (SSSR count). The Labute approximate surface area is 464 Å². The molecule has 0 saturated heterocycles. The molecule has 4 N–H and O–H groups in total. The number of nitrogens with zero attached hydrogens (tertiary/aromatic N) is 5. The van der Waals surface area contributed by atoms with E-state index in [0.717, 1.165) is 25.7 Å². The van der Waals surface area contributed by atoms with Gasteiger partial charge in [0.25, 0.3) is 5.91 Å². The highest BCUT2D eigenvalue weighted by molar-refractivity contribution is 6.31. The second kappa shape index (κ2) is 25.0. The molecular weight excluding hydrogens is 1070 g/mol. The van der Waals surface area contributed by atoms with Gasteiger partial charge in [-0.2, -0.15) is 5.10 Å². The average Bonchev–Trinajstić information content (AvgIpc) is 4.56. The van der Waals surface area contributed by atoms with E-state index in [9.17, 15) is 33.4 Å². The number of carbonyl (C=O) groups is 3. The van der Waals surface area contributed by atoms with Gasteiger partial charge in [0.1, 0.15) is 58.7 Å². The minimum Gasteiger partial charge on any atom is -0.494 e. The van der Waals surface area contributed by atoms with E-state index in [-0.39, 0.29) is 83.8 Å². The number of benzene rings is 4. The maximum atomic E-state index is 13.8. The van der Waals surface area contributed by atoms with Gasteiger partial charge in [-0.15, -0.1) is 0 Å². The lowest BCUT2D eigenvalue weighted by atomic mass is 9.86. The molecule has 414 valence electrons. The second-order valence-electron chi connectivity index (χ2n) is 19.1. The molecule has 2 saturated carbocycles. The summed E-state index contributed by atoms with van der Waals surface area (Å²) in [4.78, 5) is 51.0. The summed E-state index contributed by atoms with van der Waals surface area (Å²) in [5.41, 5.74) is 6.01. The highest BCUT2D eigenvalue weighted by Crippen LogP contribution is 2.50. The predicted molar refractivity (Wildman–Crippen MR) is 289 cm³/mol. The van der Waals surface area contributed by atoms with Gasteiger partial charge in [-0.25, -0.2) is 23.7 Å². The summed E-state index contributed by atoms with van der Waals surface area (Å²) in [5, 5.41) is 27.6. The number of primary amides is 1. The number of amides is 1. The third kappa shape index (κ3) is 13.4. The number of carbonyl (C=O) groups excluding carboxylic acids is 3. The van der Waals surface area contributed by atoms with Crippen molar-refractivity contribution in [3.8, 4) is 57.0 Å². The van der Waals surface area contributed by atoms with Gasteiger partial charge in [0, 0.05) is 42.1 Å². The summed E-state index contributed by atoms with van der Waals surface area (Å²) < 4.78 is 62.0. The van der Waals surface area contributed by atoms with E-state index >= 15 is 0 Å². The van der Waals surface area contributed by atoms with Gasteiger partial charge in [-0.3, -0.25) is 19.1 Å². The number of aryl methyl sites for hydroxylation is 1. The number of halogens is 4. The smallest absolute Gasteiger partial charge is 0.255 e. The first-order valence-corrected chi connectivity index (χ1v) is 25.9. The van der Waals surface area contributed by atoms with E-state index in [1.807, 2.05) is 0 Å². The summed E-state index contributed by atoms with van der Waals surface area (Å²) >= 11 is 12.0. The van der Waals surface area contributed by atoms with Gasteiger partial charge in [0.15, 0.2) is 47.0 Å². The molecule has 3 heterocycles. The number of ether oxygens (including phenoxy) is 6. The summed E-state index contributed by atoms with van der Waals surface area (Å²) in [6.07, 6.45) is 5.13. The number of hydrogen-bond donors (Lipinski definition) is 3. The Morgan fingerprint density at radius 3 is 1.43 bits per heavy atom. The Morgan fingerprint density at radius 1 is 0.620 bits per heavy atom. The minimum absolute atomic E-state index is 0.0354. The number of aromatic nitrogens is 5. The van der Waals surface area contributed by atoms with E-state index in [2.05, 4.69) is 10.1 Å². The van der Waals surface area contributed by atoms with Crippen molar-refractivity contribution in [2.75, 3.05) is 35.0 Å². The van der Waals surface area contributed by atoms with E-state index in [0.29, 0.717) is 73.9 Å². The maximum absolute atomic E-state index is 13.8. The summed E-state index contributed by atoms with van der Waals surface area (Å²) in [6.45, 7) is -0.130. The Kier molecular flexibility index (Phi) is 18.2. The Bertz CT molecular complexity index is 3380. The van der Waals surface area contributed by atoms with Crippen LogP contribution in [0.1, 0.15) is 89.3 Å². The van der Waals surface area contributed by atoms with Crippen LogP contribution in [0.25, 0.3) is 22.5 Å². The van der Waals surface area contributed by atoms with Gasteiger partial charge in [0.2, 0.25) is 0 Å². The van der Waals surface area contributed by atoms with Crippen LogP contribution in [-0.4, -0.2) is 87.5 Å². The van der Waals surface area contributed by atoms with Crippen LogP contribution in [-0.2, 0) is 29.7 Å². The van der Waals surface area contributed by atoms with Crippen molar-refractivity contribution < 1.29 is 61.8 Å². The molecule has 3 aromatic heterocycles. The van der Waals surface area contributed by atoms with Gasteiger partial charge in [-0.05, 0) is 147 Å². The molecule has 2 fully saturated rings. The zero-order valence-corrected chi connectivity index (χ0v) is 45.4. The predicted octanol–water partition coefficient (Wildman–Crippen LogP) is 10.2. The number of methoxy groups -OCH3 is 4. The third-order valence-electron chi connectivity index (χ3n) is 13.9. The maximum Gasteiger partial charge on any atom is 0.255 e. The summed E-state index contributed by atoms with van der Waals surface area (Å²) in [6, 6.07) is 25.0. The monoisotopic (exact) mass is 1120 g/mol. The van der Waals surface area contributed by atoms with Crippen molar-refractivity contribution in [1.29, 1.82) is 0 Å². The fourth-order valence-corrected chi connectivity index (χ4v) is 9.53. The molecule has 2 aliphatic carbocycles. The topological polar surface area (TPSA) is 230 Å². The Balaban J connectivity index is 0.000000209. The van der Waals surface area contributed by atoms with Crippen molar-refractivity contribution in [2.24, 2.45) is 24.6 Å². The van der Waals surface area contributed by atoms with E-state index in [1.165, 1.54) is 71.2 Å². The molecule has 0 aliphatic heterocycles. The van der Waals surface area contributed by atoms with Crippen LogP contribution in [0.5, 0.6) is 34.5 Å². The molecule has 2 aliphatic rings. The summed E-state index contributed by atoms with van der Waals surface area (Å²) in [7, 11) is 7.71. The summed E-state index contributed by atoms with van der Waals surface area (Å²) in [5.74, 6) is 0.817. The molecule has 0 spiro atoms. The minimum atomic E-state index is -1.35. The number of hydrogen-bond acceptors (Lipinski definition) is 15. The molecule has 21 heteroatoms. The van der Waals surface area contributed by atoms with Crippen molar-refractivity contribution in [3.63, 3.8) is 0 Å². The van der Waals surface area contributed by atoms with Gasteiger partial charge in [0.05, 0.1) is 49.9 Å². The van der Waals surface area contributed by atoms with Crippen LogP contribution in [0, 0.1) is 23.5 Å². The molecule has 79 heavy (non-hydrogen) atoms. The first-order chi connectivity index (χ1) is 37.9. The van der Waals surface area contributed by atoms with Crippen molar-refractivity contribution in [2.45, 2.75) is 69.2 Å². The standard InChI is InChI=1S/C30H30ClFN4O5.C28H28ClFN2O6/c1-36-28(33-17-34-36)16-41-24-9-5-18(15-26(24)40-3)23(37)12-13-30(38,20-6-7-20)27-11-10-25(39-2)29(35-27)19-4-8-22(32)21(31)14-19;1-36-23-9-10-25(32-27(23)17-3-7-20(30)19(29)13-17)28(35,18-5-6-18)12-11-21(33)16-4-8-22(24(14-16)37-2)38-15-26(31)34/h4-5,8-11,14-15,17,20,38H,6-7,12-13,16H2,1-3H3;3-4,7-10,13-14,18,35H,5-6,11-12,15H2,1-2H3,(H2,31,34). The van der Waals surface area contributed by atoms with Crippen LogP contribution in [0.2, 0.25) is 10.0 Å².